The number of hydrogen-bond donors (Lipinski definition) is 0. The van der Waals surface area contributed by atoms with E-state index in [-0.39, 0.29) is 0 Å². The Kier molecular flexibility index (Phi) is 8.52. The van der Waals surface area contributed by atoms with Crippen molar-refractivity contribution in [1.29, 1.82) is 0 Å². The molecule has 0 aliphatic rings. The van der Waals surface area contributed by atoms with Crippen LogP contribution in [-0.4, -0.2) is 19.5 Å². The molecule has 3 heterocycles. The fraction of sp³-hybridized carbons (Fsp3) is 0. The summed E-state index contributed by atoms with van der Waals surface area (Å²) in [7, 11) is 0. The molecule has 5 heteroatoms. The summed E-state index contributed by atoms with van der Waals surface area (Å²) in [5, 5.41) is 11.7. The quantitative estimate of drug-likeness (QED) is 0.167. The zero-order valence-electron chi connectivity index (χ0n) is 36.6. The van der Waals surface area contributed by atoms with Gasteiger partial charge in [0.2, 0.25) is 0 Å². The van der Waals surface area contributed by atoms with Crippen molar-refractivity contribution in [2.24, 2.45) is 0 Å². The Bertz CT molecular complexity index is 4190. The van der Waals surface area contributed by atoms with Crippen LogP contribution in [0.5, 0.6) is 0 Å². The largest absolute Gasteiger partial charge is 0.456 e. The van der Waals surface area contributed by atoms with Crippen molar-refractivity contribution in [3.05, 3.63) is 231 Å². The van der Waals surface area contributed by atoms with Gasteiger partial charge in [0.1, 0.15) is 11.2 Å². The van der Waals surface area contributed by atoms with Gasteiger partial charge in [0, 0.05) is 43.9 Å². The van der Waals surface area contributed by atoms with E-state index in [1.807, 2.05) is 12.1 Å². The fourth-order valence-electron chi connectivity index (χ4n) is 10.3. The molecular weight excluding hydrogens is 829 g/mol. The smallest absolute Gasteiger partial charge is 0.164 e. The molecule has 0 unspecified atom stereocenters. The van der Waals surface area contributed by atoms with Gasteiger partial charge in [-0.3, -0.25) is 0 Å². The number of aromatic nitrogens is 4. The van der Waals surface area contributed by atoms with Crippen LogP contribution in [0.4, 0.5) is 0 Å². The average Bonchev–Trinajstić information content (AvgIpc) is 3.96. The van der Waals surface area contributed by atoms with Gasteiger partial charge in [-0.25, -0.2) is 15.0 Å². The van der Waals surface area contributed by atoms with Crippen LogP contribution in [0.2, 0.25) is 0 Å². The fourth-order valence-corrected chi connectivity index (χ4v) is 10.3. The summed E-state index contributed by atoms with van der Waals surface area (Å²) >= 11 is 0. The van der Waals surface area contributed by atoms with Crippen molar-refractivity contribution in [2.45, 2.75) is 0 Å². The number of nitrogens with zero attached hydrogens (tertiary/aromatic N) is 4. The van der Waals surface area contributed by atoms with E-state index >= 15 is 0 Å². The molecule has 11 aromatic carbocycles. The van der Waals surface area contributed by atoms with E-state index in [1.165, 1.54) is 43.4 Å². The monoisotopic (exact) mass is 866 g/mol. The van der Waals surface area contributed by atoms with E-state index in [0.717, 1.165) is 77.3 Å². The molecule has 0 bridgehead atoms. The highest BCUT2D eigenvalue weighted by Crippen LogP contribution is 2.42. The highest BCUT2D eigenvalue weighted by Gasteiger charge is 2.20. The minimum atomic E-state index is 0.589. The SMILES string of the molecule is c1ccc(-c2ccc(-c3nc(-c4ccc(-c5ccccc5)cc4)nc(-c4ccc5oc6ccc7ccc(-n8c9cc%10ccccc%10cc9c9c%10ccccc%10ccc98)cc7c6c5c4)n3)cc2)cc1. The van der Waals surface area contributed by atoms with Crippen molar-refractivity contribution < 1.29 is 4.42 Å². The lowest BCUT2D eigenvalue weighted by Gasteiger charge is -2.11. The lowest BCUT2D eigenvalue weighted by molar-refractivity contribution is 0.669. The highest BCUT2D eigenvalue weighted by molar-refractivity contribution is 6.24. The Morgan fingerprint density at radius 2 is 0.779 bits per heavy atom. The molecule has 0 aliphatic heterocycles. The summed E-state index contributed by atoms with van der Waals surface area (Å²) in [6, 6.07) is 81.7. The van der Waals surface area contributed by atoms with E-state index in [2.05, 4.69) is 223 Å². The van der Waals surface area contributed by atoms with Gasteiger partial charge in [-0.15, -0.1) is 0 Å². The molecule has 5 nitrogen and oxygen atoms in total. The third-order valence-electron chi connectivity index (χ3n) is 13.6. The van der Waals surface area contributed by atoms with Crippen LogP contribution in [0.3, 0.4) is 0 Å². The van der Waals surface area contributed by atoms with Crippen molar-refractivity contribution in [1.82, 2.24) is 19.5 Å². The maximum Gasteiger partial charge on any atom is 0.164 e. The van der Waals surface area contributed by atoms with E-state index < -0.39 is 0 Å². The molecule has 3 aromatic heterocycles. The molecule has 0 fully saturated rings. The molecule has 0 spiro atoms. The van der Waals surface area contributed by atoms with Crippen molar-refractivity contribution in [2.75, 3.05) is 0 Å². The van der Waals surface area contributed by atoms with Crippen molar-refractivity contribution in [3.8, 4) is 62.1 Å². The van der Waals surface area contributed by atoms with Crippen molar-refractivity contribution >= 4 is 76.1 Å². The predicted octanol–water partition coefficient (Wildman–Crippen LogP) is 16.7. The zero-order valence-corrected chi connectivity index (χ0v) is 36.6. The number of benzene rings is 11. The first-order chi connectivity index (χ1) is 33.7. The molecule has 0 atom stereocenters. The van der Waals surface area contributed by atoms with E-state index in [9.17, 15) is 0 Å². The molecule has 14 rings (SSSR count). The van der Waals surface area contributed by atoms with Crippen LogP contribution in [0.1, 0.15) is 0 Å². The van der Waals surface area contributed by atoms with Crippen LogP contribution in [-0.2, 0) is 0 Å². The maximum atomic E-state index is 6.64. The number of rotatable bonds is 6. The normalized spacial score (nSPS) is 11.8. The predicted molar refractivity (Wildman–Crippen MR) is 281 cm³/mol. The first-order valence-electron chi connectivity index (χ1n) is 23.0. The summed E-state index contributed by atoms with van der Waals surface area (Å²) in [4.78, 5) is 15.5. The van der Waals surface area contributed by atoms with E-state index in [0.29, 0.717) is 17.5 Å². The first-order valence-corrected chi connectivity index (χ1v) is 23.0. The second-order valence-corrected chi connectivity index (χ2v) is 17.6. The van der Waals surface area contributed by atoms with E-state index in [4.69, 9.17) is 19.4 Å². The minimum Gasteiger partial charge on any atom is -0.456 e. The van der Waals surface area contributed by atoms with Crippen LogP contribution in [0, 0.1) is 0 Å². The van der Waals surface area contributed by atoms with Gasteiger partial charge in [0.15, 0.2) is 17.5 Å². The van der Waals surface area contributed by atoms with Gasteiger partial charge in [0.05, 0.1) is 11.0 Å². The van der Waals surface area contributed by atoms with Crippen LogP contribution < -0.4 is 0 Å². The third kappa shape index (κ3) is 6.21. The summed E-state index contributed by atoms with van der Waals surface area (Å²) in [5.41, 5.74) is 12.3. The molecule has 0 saturated heterocycles. The van der Waals surface area contributed by atoms with Crippen LogP contribution in [0.25, 0.3) is 138 Å². The zero-order chi connectivity index (χ0) is 44.7. The molecule has 0 aliphatic carbocycles. The van der Waals surface area contributed by atoms with Crippen molar-refractivity contribution in [3.63, 3.8) is 0 Å². The van der Waals surface area contributed by atoms with Gasteiger partial charge in [-0.05, 0) is 109 Å². The summed E-state index contributed by atoms with van der Waals surface area (Å²) in [6.07, 6.45) is 0. The molecule has 316 valence electrons. The van der Waals surface area contributed by atoms with Gasteiger partial charge in [-0.1, -0.05) is 176 Å². The minimum absolute atomic E-state index is 0.589. The highest BCUT2D eigenvalue weighted by atomic mass is 16.3. The molecule has 0 saturated carbocycles. The topological polar surface area (TPSA) is 56.7 Å². The summed E-state index contributed by atoms with van der Waals surface area (Å²) in [5.74, 6) is 1.80. The molecule has 14 aromatic rings. The lowest BCUT2D eigenvalue weighted by Crippen LogP contribution is -2.00. The van der Waals surface area contributed by atoms with Crippen LogP contribution in [0.15, 0.2) is 235 Å². The number of furan rings is 1. The molecule has 0 amide bonds. The molecule has 0 radical (unpaired) electrons. The van der Waals surface area contributed by atoms with E-state index in [1.54, 1.807) is 0 Å². The maximum absolute atomic E-state index is 6.64. The average molecular weight is 867 g/mol. The summed E-state index contributed by atoms with van der Waals surface area (Å²) < 4.78 is 9.07. The molecule has 68 heavy (non-hydrogen) atoms. The van der Waals surface area contributed by atoms with Gasteiger partial charge < -0.3 is 8.98 Å². The van der Waals surface area contributed by atoms with Gasteiger partial charge in [0.25, 0.3) is 0 Å². The Morgan fingerprint density at radius 1 is 0.279 bits per heavy atom. The Labute approximate surface area is 390 Å². The van der Waals surface area contributed by atoms with Crippen LogP contribution >= 0.6 is 0 Å². The Morgan fingerprint density at radius 3 is 1.46 bits per heavy atom. The second-order valence-electron chi connectivity index (χ2n) is 17.6. The summed E-state index contributed by atoms with van der Waals surface area (Å²) in [6.45, 7) is 0. The standard InChI is InChI=1S/C63H38N4O/c1-3-11-39(12-4-1)41-19-23-45(24-20-41)61-64-62(46-25-21-42(22-26-46)40-13-5-2-6-14-40)66-63(65-61)49-30-33-57-54(36-49)60-52-38-50(31-27-44(52)29-34-58(60)68-57)67-55-32-28-43-15-9-10-18-51(43)59(55)53-35-47-16-7-8-17-48(47)37-56(53)67/h1-38H. The first kappa shape index (κ1) is 38.1. The lowest BCUT2D eigenvalue weighted by atomic mass is 10.0. The molecular formula is C63H38N4O. The number of fused-ring (bicyclic) bond motifs is 11. The number of hydrogen-bond acceptors (Lipinski definition) is 4. The second kappa shape index (κ2) is 15.2. The van der Waals surface area contributed by atoms with Gasteiger partial charge in [-0.2, -0.15) is 0 Å². The van der Waals surface area contributed by atoms with Gasteiger partial charge >= 0.3 is 0 Å². The molecule has 0 N–H and O–H groups in total. The third-order valence-corrected chi connectivity index (χ3v) is 13.6. The Hall–Kier alpha value is -9.19. The Balaban J connectivity index is 0.946.